The van der Waals surface area contributed by atoms with Crippen LogP contribution in [0.5, 0.6) is 0 Å². The lowest BCUT2D eigenvalue weighted by Crippen LogP contribution is -2.41. The Bertz CT molecular complexity index is 692. The standard InChI is InChI=1S/C19H28N4O2/c1-3-4-5-14-25-16-8-6-15(7-9-16)22(2)19(24)17-18-21-11-13-23(18)12-10-20-17/h10-13,15-16H,3-9,14H2,1-2H3. The molecule has 3 rings (SSSR count). The molecule has 136 valence electrons. The van der Waals surface area contributed by atoms with Gasteiger partial charge in [-0.05, 0) is 32.1 Å². The van der Waals surface area contributed by atoms with Crippen molar-refractivity contribution >= 4 is 11.6 Å². The molecular formula is C19H28N4O2. The Morgan fingerprint density at radius 2 is 1.92 bits per heavy atom. The first-order valence-electron chi connectivity index (χ1n) is 9.37. The van der Waals surface area contributed by atoms with Crippen molar-refractivity contribution < 1.29 is 9.53 Å². The average Bonchev–Trinajstić information content (AvgIpc) is 3.13. The largest absolute Gasteiger partial charge is 0.378 e. The molecule has 0 N–H and O–H groups in total. The second kappa shape index (κ2) is 8.43. The minimum absolute atomic E-state index is 0.0517. The summed E-state index contributed by atoms with van der Waals surface area (Å²) in [5.41, 5.74) is 1.04. The molecule has 1 fully saturated rings. The fraction of sp³-hybridized carbons (Fsp3) is 0.632. The molecular weight excluding hydrogens is 316 g/mol. The van der Waals surface area contributed by atoms with E-state index in [0.29, 0.717) is 17.4 Å². The first-order valence-corrected chi connectivity index (χ1v) is 9.37. The molecule has 2 aromatic heterocycles. The minimum Gasteiger partial charge on any atom is -0.378 e. The normalized spacial score (nSPS) is 20.7. The fourth-order valence-electron chi connectivity index (χ4n) is 3.54. The van der Waals surface area contributed by atoms with Crippen LogP contribution in [-0.2, 0) is 4.74 Å². The van der Waals surface area contributed by atoms with E-state index in [-0.39, 0.29) is 11.9 Å². The third-order valence-electron chi connectivity index (χ3n) is 5.13. The lowest BCUT2D eigenvalue weighted by Gasteiger charge is -2.34. The Hall–Kier alpha value is -1.95. The summed E-state index contributed by atoms with van der Waals surface area (Å²) < 4.78 is 7.80. The van der Waals surface area contributed by atoms with E-state index >= 15 is 0 Å². The van der Waals surface area contributed by atoms with Crippen LogP contribution < -0.4 is 0 Å². The highest BCUT2D eigenvalue weighted by atomic mass is 16.5. The van der Waals surface area contributed by atoms with Crippen molar-refractivity contribution in [3.05, 3.63) is 30.5 Å². The number of nitrogens with zero attached hydrogens (tertiary/aromatic N) is 4. The third kappa shape index (κ3) is 4.18. The molecule has 0 unspecified atom stereocenters. The highest BCUT2D eigenvalue weighted by Gasteiger charge is 2.29. The van der Waals surface area contributed by atoms with Gasteiger partial charge in [-0.25, -0.2) is 9.97 Å². The third-order valence-corrected chi connectivity index (χ3v) is 5.13. The first kappa shape index (κ1) is 17.9. The van der Waals surface area contributed by atoms with Gasteiger partial charge < -0.3 is 14.0 Å². The van der Waals surface area contributed by atoms with Gasteiger partial charge in [-0.3, -0.25) is 4.79 Å². The maximum Gasteiger partial charge on any atom is 0.276 e. The van der Waals surface area contributed by atoms with Crippen molar-refractivity contribution in [2.75, 3.05) is 13.7 Å². The molecule has 0 bridgehead atoms. The molecule has 0 radical (unpaired) electrons. The number of unbranched alkanes of at least 4 members (excludes halogenated alkanes) is 2. The smallest absolute Gasteiger partial charge is 0.276 e. The number of hydrogen-bond acceptors (Lipinski definition) is 4. The lowest BCUT2D eigenvalue weighted by atomic mass is 9.92. The topological polar surface area (TPSA) is 59.7 Å². The van der Waals surface area contributed by atoms with Crippen LogP contribution in [0.15, 0.2) is 24.8 Å². The zero-order chi connectivity index (χ0) is 17.6. The number of hydrogen-bond donors (Lipinski definition) is 0. The van der Waals surface area contributed by atoms with Crippen molar-refractivity contribution in [1.29, 1.82) is 0 Å². The molecule has 2 heterocycles. The van der Waals surface area contributed by atoms with Crippen LogP contribution in [0.2, 0.25) is 0 Å². The second-order valence-electron chi connectivity index (χ2n) is 6.86. The van der Waals surface area contributed by atoms with E-state index in [1.807, 2.05) is 22.5 Å². The summed E-state index contributed by atoms with van der Waals surface area (Å²) in [7, 11) is 1.88. The molecule has 25 heavy (non-hydrogen) atoms. The lowest BCUT2D eigenvalue weighted by molar-refractivity contribution is 0.00915. The number of fused-ring (bicyclic) bond motifs is 1. The molecule has 0 saturated heterocycles. The van der Waals surface area contributed by atoms with Crippen molar-refractivity contribution in [2.45, 2.75) is 64.0 Å². The highest BCUT2D eigenvalue weighted by molar-refractivity contribution is 5.97. The molecule has 0 aliphatic heterocycles. The molecule has 1 amide bonds. The van der Waals surface area contributed by atoms with Crippen LogP contribution in [0.3, 0.4) is 0 Å². The molecule has 2 aromatic rings. The summed E-state index contributed by atoms with van der Waals surface area (Å²) in [5, 5.41) is 0. The van der Waals surface area contributed by atoms with Crippen LogP contribution in [0, 0.1) is 0 Å². The Morgan fingerprint density at radius 1 is 1.20 bits per heavy atom. The summed E-state index contributed by atoms with van der Waals surface area (Å²) in [6.45, 7) is 3.07. The first-order chi connectivity index (χ1) is 12.2. The van der Waals surface area contributed by atoms with Crippen LogP contribution >= 0.6 is 0 Å². The minimum atomic E-state index is -0.0517. The molecule has 1 aliphatic rings. The van der Waals surface area contributed by atoms with E-state index in [2.05, 4.69) is 16.9 Å². The van der Waals surface area contributed by atoms with Gasteiger partial charge in [-0.1, -0.05) is 19.8 Å². The summed E-state index contributed by atoms with van der Waals surface area (Å²) in [5.74, 6) is -0.0517. The van der Waals surface area contributed by atoms with Gasteiger partial charge in [-0.15, -0.1) is 0 Å². The van der Waals surface area contributed by atoms with Crippen LogP contribution in [-0.4, -0.2) is 51.0 Å². The number of rotatable bonds is 7. The number of ether oxygens (including phenoxy) is 1. The van der Waals surface area contributed by atoms with Gasteiger partial charge in [0.2, 0.25) is 0 Å². The zero-order valence-electron chi connectivity index (χ0n) is 15.2. The zero-order valence-corrected chi connectivity index (χ0v) is 15.2. The average molecular weight is 344 g/mol. The molecule has 0 aromatic carbocycles. The molecule has 6 heteroatoms. The van der Waals surface area contributed by atoms with Gasteiger partial charge in [0, 0.05) is 44.5 Å². The number of carbonyl (C=O) groups excluding carboxylic acids is 1. The van der Waals surface area contributed by atoms with Crippen LogP contribution in [0.1, 0.15) is 62.4 Å². The quantitative estimate of drug-likeness (QED) is 0.723. The molecule has 1 aliphatic carbocycles. The summed E-state index contributed by atoms with van der Waals surface area (Å²) >= 11 is 0. The number of imidazole rings is 1. The van der Waals surface area contributed by atoms with Gasteiger partial charge in [0.1, 0.15) is 0 Å². The highest BCUT2D eigenvalue weighted by Crippen LogP contribution is 2.26. The SMILES string of the molecule is CCCCCOC1CCC(N(C)C(=O)c2nccn3ccnc23)CC1. The molecule has 6 nitrogen and oxygen atoms in total. The van der Waals surface area contributed by atoms with E-state index in [1.165, 1.54) is 12.8 Å². The fourth-order valence-corrected chi connectivity index (χ4v) is 3.54. The van der Waals surface area contributed by atoms with Gasteiger partial charge in [0.25, 0.3) is 5.91 Å². The van der Waals surface area contributed by atoms with E-state index < -0.39 is 0 Å². The van der Waals surface area contributed by atoms with E-state index in [4.69, 9.17) is 4.74 Å². The van der Waals surface area contributed by atoms with Gasteiger partial charge in [-0.2, -0.15) is 0 Å². The Morgan fingerprint density at radius 3 is 2.64 bits per heavy atom. The number of aromatic nitrogens is 3. The number of amides is 1. The van der Waals surface area contributed by atoms with Crippen molar-refractivity contribution in [3.63, 3.8) is 0 Å². The van der Waals surface area contributed by atoms with Crippen LogP contribution in [0.4, 0.5) is 0 Å². The Balaban J connectivity index is 1.55. The van der Waals surface area contributed by atoms with Gasteiger partial charge in [0.15, 0.2) is 11.3 Å². The van der Waals surface area contributed by atoms with E-state index in [9.17, 15) is 4.79 Å². The maximum atomic E-state index is 12.9. The molecule has 0 atom stereocenters. The van der Waals surface area contributed by atoms with Crippen molar-refractivity contribution in [1.82, 2.24) is 19.3 Å². The van der Waals surface area contributed by atoms with Crippen LogP contribution in [0.25, 0.3) is 5.65 Å². The second-order valence-corrected chi connectivity index (χ2v) is 6.86. The van der Waals surface area contributed by atoms with Crippen molar-refractivity contribution in [2.24, 2.45) is 0 Å². The molecule has 1 saturated carbocycles. The predicted molar refractivity (Wildman–Crippen MR) is 96.6 cm³/mol. The van der Waals surface area contributed by atoms with Crippen molar-refractivity contribution in [3.8, 4) is 0 Å². The summed E-state index contributed by atoms with van der Waals surface area (Å²) in [6.07, 6.45) is 14.9. The monoisotopic (exact) mass is 344 g/mol. The Kier molecular flexibility index (Phi) is 6.02. The predicted octanol–water partition coefficient (Wildman–Crippen LogP) is 3.32. The van der Waals surface area contributed by atoms with Gasteiger partial charge in [0.05, 0.1) is 6.10 Å². The maximum absolute atomic E-state index is 12.9. The van der Waals surface area contributed by atoms with Gasteiger partial charge >= 0.3 is 0 Å². The Labute approximate surface area is 149 Å². The summed E-state index contributed by atoms with van der Waals surface area (Å²) in [4.78, 5) is 23.2. The van der Waals surface area contributed by atoms with E-state index in [1.54, 1.807) is 18.6 Å². The van der Waals surface area contributed by atoms with E-state index in [0.717, 1.165) is 38.7 Å². The summed E-state index contributed by atoms with van der Waals surface area (Å²) in [6, 6.07) is 0.250. The number of carbonyl (C=O) groups is 1. The molecule has 0 spiro atoms.